The molecule has 0 unspecified atom stereocenters. The molecule has 0 bridgehead atoms. The maximum Gasteiger partial charge on any atom is 0.359 e. The Morgan fingerprint density at radius 3 is 2.66 bits per heavy atom. The number of piperazine rings is 1. The standard InChI is InChI=1S/C22H24N4O3/c1-16-5-4-6-17(13-16)14-25-9-11-26(12-10-25)20(27)15-29-22(28)21-18-7-2-3-8-19(18)23-24-21/h2-8,13H,9-12,14-15H2,1H3,(H,23,24). The molecule has 7 heteroatoms. The van der Waals surface area contributed by atoms with Crippen molar-refractivity contribution in [3.05, 3.63) is 65.4 Å². The number of carbonyl (C=O) groups excluding carboxylic acids is 2. The third-order valence-corrected chi connectivity index (χ3v) is 5.20. The normalized spacial score (nSPS) is 14.9. The monoisotopic (exact) mass is 392 g/mol. The van der Waals surface area contributed by atoms with Crippen LogP contribution >= 0.6 is 0 Å². The largest absolute Gasteiger partial charge is 0.451 e. The second-order valence-corrected chi connectivity index (χ2v) is 7.34. The van der Waals surface area contributed by atoms with Crippen molar-refractivity contribution in [1.82, 2.24) is 20.0 Å². The Hall–Kier alpha value is -3.19. The fourth-order valence-electron chi connectivity index (χ4n) is 3.63. The lowest BCUT2D eigenvalue weighted by atomic mass is 10.1. The summed E-state index contributed by atoms with van der Waals surface area (Å²) in [5, 5.41) is 7.50. The van der Waals surface area contributed by atoms with Crippen LogP contribution < -0.4 is 0 Å². The molecule has 0 radical (unpaired) electrons. The predicted octanol–water partition coefficient (Wildman–Crippen LogP) is 2.37. The average Bonchev–Trinajstić information content (AvgIpc) is 3.17. The molecule has 1 fully saturated rings. The van der Waals surface area contributed by atoms with Crippen molar-refractivity contribution in [2.45, 2.75) is 13.5 Å². The number of aryl methyl sites for hydroxylation is 1. The summed E-state index contributed by atoms with van der Waals surface area (Å²) in [6.07, 6.45) is 0. The molecule has 29 heavy (non-hydrogen) atoms. The van der Waals surface area contributed by atoms with Crippen LogP contribution in [-0.2, 0) is 16.1 Å². The van der Waals surface area contributed by atoms with Crippen molar-refractivity contribution in [3.63, 3.8) is 0 Å². The van der Waals surface area contributed by atoms with Gasteiger partial charge in [-0.15, -0.1) is 0 Å². The average molecular weight is 392 g/mol. The smallest absolute Gasteiger partial charge is 0.359 e. The summed E-state index contributed by atoms with van der Waals surface area (Å²) in [7, 11) is 0. The summed E-state index contributed by atoms with van der Waals surface area (Å²) in [5.41, 5.74) is 3.50. The van der Waals surface area contributed by atoms with Gasteiger partial charge in [0.2, 0.25) is 0 Å². The minimum Gasteiger partial charge on any atom is -0.451 e. The van der Waals surface area contributed by atoms with E-state index >= 15 is 0 Å². The molecule has 1 aliphatic heterocycles. The molecule has 1 aliphatic rings. The van der Waals surface area contributed by atoms with Gasteiger partial charge in [0.05, 0.1) is 5.52 Å². The first-order valence-electron chi connectivity index (χ1n) is 9.76. The van der Waals surface area contributed by atoms with Crippen LogP contribution in [-0.4, -0.2) is 64.7 Å². The van der Waals surface area contributed by atoms with Gasteiger partial charge in [-0.25, -0.2) is 4.79 Å². The van der Waals surface area contributed by atoms with Gasteiger partial charge < -0.3 is 9.64 Å². The molecule has 0 atom stereocenters. The number of carbonyl (C=O) groups is 2. The van der Waals surface area contributed by atoms with Gasteiger partial charge >= 0.3 is 5.97 Å². The lowest BCUT2D eigenvalue weighted by molar-refractivity contribution is -0.136. The zero-order valence-corrected chi connectivity index (χ0v) is 16.4. The summed E-state index contributed by atoms with van der Waals surface area (Å²) in [6.45, 7) is 5.58. The van der Waals surface area contributed by atoms with E-state index in [0.29, 0.717) is 18.5 Å². The van der Waals surface area contributed by atoms with Gasteiger partial charge in [-0.3, -0.25) is 14.8 Å². The maximum absolute atomic E-state index is 12.4. The molecule has 7 nitrogen and oxygen atoms in total. The highest BCUT2D eigenvalue weighted by Gasteiger charge is 2.23. The van der Waals surface area contributed by atoms with Crippen LogP contribution in [0.25, 0.3) is 10.9 Å². The first-order chi connectivity index (χ1) is 14.1. The van der Waals surface area contributed by atoms with E-state index in [1.54, 1.807) is 11.0 Å². The van der Waals surface area contributed by atoms with Crippen molar-refractivity contribution in [3.8, 4) is 0 Å². The van der Waals surface area contributed by atoms with Crippen molar-refractivity contribution in [2.75, 3.05) is 32.8 Å². The number of aromatic nitrogens is 2. The van der Waals surface area contributed by atoms with Crippen molar-refractivity contribution >= 4 is 22.8 Å². The van der Waals surface area contributed by atoms with Crippen LogP contribution in [0.1, 0.15) is 21.6 Å². The summed E-state index contributed by atoms with van der Waals surface area (Å²) < 4.78 is 5.22. The summed E-state index contributed by atoms with van der Waals surface area (Å²) in [4.78, 5) is 28.8. The number of benzene rings is 2. The fourth-order valence-corrected chi connectivity index (χ4v) is 3.63. The summed E-state index contributed by atoms with van der Waals surface area (Å²) >= 11 is 0. The Morgan fingerprint density at radius 1 is 1.07 bits per heavy atom. The topological polar surface area (TPSA) is 78.5 Å². The molecule has 1 N–H and O–H groups in total. The summed E-state index contributed by atoms with van der Waals surface area (Å²) in [6, 6.07) is 15.8. The molecule has 1 amide bonds. The number of para-hydroxylation sites is 1. The van der Waals surface area contributed by atoms with E-state index in [0.717, 1.165) is 25.2 Å². The lowest BCUT2D eigenvalue weighted by Gasteiger charge is -2.34. The molecule has 3 aromatic rings. The highest BCUT2D eigenvalue weighted by molar-refractivity contribution is 6.02. The molecule has 4 rings (SSSR count). The fraction of sp³-hybridized carbons (Fsp3) is 0.318. The number of esters is 1. The Labute approximate surface area is 169 Å². The third-order valence-electron chi connectivity index (χ3n) is 5.20. The van der Waals surface area contributed by atoms with E-state index in [1.165, 1.54) is 11.1 Å². The number of ether oxygens (including phenoxy) is 1. The predicted molar refractivity (Wildman–Crippen MR) is 109 cm³/mol. The lowest BCUT2D eigenvalue weighted by Crippen LogP contribution is -2.49. The van der Waals surface area contributed by atoms with Gasteiger partial charge in [-0.2, -0.15) is 5.10 Å². The number of hydrogen-bond donors (Lipinski definition) is 1. The van der Waals surface area contributed by atoms with Gasteiger partial charge in [0.25, 0.3) is 5.91 Å². The van der Waals surface area contributed by atoms with Crippen LogP contribution in [0.5, 0.6) is 0 Å². The number of fused-ring (bicyclic) bond motifs is 1. The number of hydrogen-bond acceptors (Lipinski definition) is 5. The van der Waals surface area contributed by atoms with Crippen molar-refractivity contribution < 1.29 is 14.3 Å². The zero-order chi connectivity index (χ0) is 20.2. The van der Waals surface area contributed by atoms with E-state index in [1.807, 2.05) is 18.2 Å². The Kier molecular flexibility index (Phi) is 5.57. The molecule has 2 heterocycles. The minimum atomic E-state index is -0.589. The number of amides is 1. The zero-order valence-electron chi connectivity index (χ0n) is 16.4. The molecule has 0 spiro atoms. The van der Waals surface area contributed by atoms with E-state index in [2.05, 4.69) is 46.3 Å². The first-order valence-corrected chi connectivity index (χ1v) is 9.76. The van der Waals surface area contributed by atoms with E-state index in [4.69, 9.17) is 4.74 Å². The molecular weight excluding hydrogens is 368 g/mol. The summed E-state index contributed by atoms with van der Waals surface area (Å²) in [5.74, 6) is -0.762. The highest BCUT2D eigenvalue weighted by atomic mass is 16.5. The molecule has 1 aromatic heterocycles. The number of nitrogens with one attached hydrogen (secondary N) is 1. The van der Waals surface area contributed by atoms with Gasteiger partial charge in [0.1, 0.15) is 0 Å². The second-order valence-electron chi connectivity index (χ2n) is 7.34. The molecule has 0 aliphatic carbocycles. The molecule has 2 aromatic carbocycles. The molecule has 1 saturated heterocycles. The molecule has 0 saturated carbocycles. The van der Waals surface area contributed by atoms with Crippen molar-refractivity contribution in [2.24, 2.45) is 0 Å². The van der Waals surface area contributed by atoms with Gasteiger partial charge in [-0.1, -0.05) is 48.0 Å². The van der Waals surface area contributed by atoms with Crippen LogP contribution in [0.3, 0.4) is 0 Å². The molecule has 150 valence electrons. The first kappa shape index (κ1) is 19.1. The van der Waals surface area contributed by atoms with Crippen LogP contribution in [0, 0.1) is 6.92 Å². The highest BCUT2D eigenvalue weighted by Crippen LogP contribution is 2.16. The quantitative estimate of drug-likeness (QED) is 0.675. The van der Waals surface area contributed by atoms with Crippen molar-refractivity contribution in [1.29, 1.82) is 0 Å². The number of aromatic amines is 1. The van der Waals surface area contributed by atoms with Gasteiger partial charge in [-0.05, 0) is 18.6 Å². The number of nitrogens with zero attached hydrogens (tertiary/aromatic N) is 3. The van der Waals surface area contributed by atoms with Crippen LogP contribution in [0.4, 0.5) is 0 Å². The van der Waals surface area contributed by atoms with Crippen LogP contribution in [0.2, 0.25) is 0 Å². The van der Waals surface area contributed by atoms with E-state index in [9.17, 15) is 9.59 Å². The maximum atomic E-state index is 12.4. The Balaban J connectivity index is 1.26. The van der Waals surface area contributed by atoms with E-state index in [-0.39, 0.29) is 18.2 Å². The second kappa shape index (κ2) is 8.45. The number of H-pyrrole nitrogens is 1. The van der Waals surface area contributed by atoms with Crippen LogP contribution in [0.15, 0.2) is 48.5 Å². The number of rotatable bonds is 5. The Bertz CT molecular complexity index is 1020. The molecular formula is C22H24N4O3. The SMILES string of the molecule is Cc1cccc(CN2CCN(C(=O)COC(=O)c3n[nH]c4ccccc34)CC2)c1. The van der Waals surface area contributed by atoms with E-state index < -0.39 is 5.97 Å². The minimum absolute atomic E-state index is 0.173. The van der Waals surface area contributed by atoms with Gasteiger partial charge in [0, 0.05) is 38.1 Å². The Morgan fingerprint density at radius 2 is 1.86 bits per heavy atom. The third kappa shape index (κ3) is 4.46. The van der Waals surface area contributed by atoms with Gasteiger partial charge in [0.15, 0.2) is 12.3 Å².